The average molecular weight is 642 g/mol. The maximum atomic E-state index is 13.4. The molecule has 1 aromatic heterocycles. The van der Waals surface area contributed by atoms with E-state index in [-0.39, 0.29) is 35.6 Å². The van der Waals surface area contributed by atoms with E-state index in [4.69, 9.17) is 4.74 Å². The molecule has 0 spiro atoms. The molecule has 0 bridgehead atoms. The predicted molar refractivity (Wildman–Crippen MR) is 181 cm³/mol. The minimum Gasteiger partial charge on any atom is -0.444 e. The molecule has 3 atom stereocenters. The molecule has 5 rings (SSSR count). The predicted octanol–water partition coefficient (Wildman–Crippen LogP) is 6.01. The third kappa shape index (κ3) is 8.98. The Bertz CT molecular complexity index is 1700. The van der Waals surface area contributed by atoms with Crippen LogP contribution in [0.1, 0.15) is 57.1 Å². The normalized spacial score (nSPS) is 17.4. The van der Waals surface area contributed by atoms with Crippen molar-refractivity contribution in [1.82, 2.24) is 25.8 Å². The van der Waals surface area contributed by atoms with E-state index in [1.54, 1.807) is 32.9 Å². The Kier molecular flexibility index (Phi) is 10.3. The number of H-pyrrole nitrogens is 1. The Balaban J connectivity index is 1.25. The SMILES string of the molecule is CC(C)C(NC(=O)OC(C)(C)C)C(=O)N[C@H]1C[C@@H](CNC(=O)c2cc3ccc(-c4ccc(F)cc4)cc3[nH]2)N(Cc2ccccc2)C1. The first kappa shape index (κ1) is 33.7. The number of nitrogens with zero attached hydrogens (tertiary/aromatic N) is 1. The number of benzene rings is 3. The minimum absolute atomic E-state index is 0.0322. The zero-order chi connectivity index (χ0) is 33.7. The van der Waals surface area contributed by atoms with Crippen LogP contribution >= 0.6 is 0 Å². The first-order chi connectivity index (χ1) is 22.3. The summed E-state index contributed by atoms with van der Waals surface area (Å²) in [4.78, 5) is 44.7. The van der Waals surface area contributed by atoms with Crippen molar-refractivity contribution in [1.29, 1.82) is 0 Å². The summed E-state index contributed by atoms with van der Waals surface area (Å²) in [5.74, 6) is -0.930. The Morgan fingerprint density at radius 2 is 1.68 bits per heavy atom. The second-order valence-corrected chi connectivity index (χ2v) is 13.6. The number of rotatable bonds is 10. The van der Waals surface area contributed by atoms with E-state index in [1.807, 2.05) is 56.3 Å². The van der Waals surface area contributed by atoms with Crippen LogP contribution in [-0.2, 0) is 16.1 Å². The molecule has 2 heterocycles. The number of carbonyl (C=O) groups is 3. The first-order valence-electron chi connectivity index (χ1n) is 16.1. The molecule has 10 heteroatoms. The lowest BCUT2D eigenvalue weighted by molar-refractivity contribution is -0.124. The minimum atomic E-state index is -0.753. The van der Waals surface area contributed by atoms with Crippen molar-refractivity contribution >= 4 is 28.8 Å². The number of aromatic nitrogens is 1. The molecule has 47 heavy (non-hydrogen) atoms. The molecule has 1 aliphatic rings. The van der Waals surface area contributed by atoms with Gasteiger partial charge in [0.25, 0.3) is 5.91 Å². The number of likely N-dealkylation sites (tertiary alicyclic amines) is 1. The summed E-state index contributed by atoms with van der Waals surface area (Å²) < 4.78 is 18.8. The molecule has 4 N–H and O–H groups in total. The van der Waals surface area contributed by atoms with Crippen LogP contribution < -0.4 is 16.0 Å². The highest BCUT2D eigenvalue weighted by atomic mass is 19.1. The van der Waals surface area contributed by atoms with Gasteiger partial charge in [0.05, 0.1) is 0 Å². The summed E-state index contributed by atoms with van der Waals surface area (Å²) in [7, 11) is 0. The number of hydrogen-bond donors (Lipinski definition) is 4. The van der Waals surface area contributed by atoms with Crippen molar-refractivity contribution in [2.24, 2.45) is 5.92 Å². The van der Waals surface area contributed by atoms with Gasteiger partial charge < -0.3 is 25.7 Å². The summed E-state index contributed by atoms with van der Waals surface area (Å²) in [6.45, 7) is 10.7. The van der Waals surface area contributed by atoms with Crippen molar-refractivity contribution in [3.63, 3.8) is 0 Å². The molecule has 1 aliphatic heterocycles. The Morgan fingerprint density at radius 1 is 0.979 bits per heavy atom. The second kappa shape index (κ2) is 14.4. The fraction of sp³-hybridized carbons (Fsp3) is 0.378. The van der Waals surface area contributed by atoms with E-state index in [1.165, 1.54) is 12.1 Å². The lowest BCUT2D eigenvalue weighted by Crippen LogP contribution is -2.53. The van der Waals surface area contributed by atoms with Gasteiger partial charge in [-0.2, -0.15) is 0 Å². The van der Waals surface area contributed by atoms with Crippen LogP contribution in [0, 0.1) is 11.7 Å². The first-order valence-corrected chi connectivity index (χ1v) is 16.1. The lowest BCUT2D eigenvalue weighted by Gasteiger charge is -2.26. The largest absolute Gasteiger partial charge is 0.444 e. The van der Waals surface area contributed by atoms with Gasteiger partial charge >= 0.3 is 6.09 Å². The summed E-state index contributed by atoms with van der Waals surface area (Å²) in [6.07, 6.45) is -0.00293. The van der Waals surface area contributed by atoms with Crippen molar-refractivity contribution < 1.29 is 23.5 Å². The molecule has 1 fully saturated rings. The zero-order valence-corrected chi connectivity index (χ0v) is 27.6. The van der Waals surface area contributed by atoms with E-state index in [2.05, 4.69) is 38.0 Å². The fourth-order valence-electron chi connectivity index (χ4n) is 5.95. The number of aromatic amines is 1. The van der Waals surface area contributed by atoms with Gasteiger partial charge in [-0.3, -0.25) is 14.5 Å². The molecule has 3 aromatic carbocycles. The molecule has 9 nitrogen and oxygen atoms in total. The number of amides is 3. The van der Waals surface area contributed by atoms with E-state index in [0.717, 1.165) is 27.6 Å². The Morgan fingerprint density at radius 3 is 2.36 bits per heavy atom. The molecule has 1 unspecified atom stereocenters. The van der Waals surface area contributed by atoms with Crippen LogP contribution in [-0.4, -0.2) is 64.6 Å². The van der Waals surface area contributed by atoms with Crippen LogP contribution in [0.5, 0.6) is 0 Å². The molecular weight excluding hydrogens is 597 g/mol. The van der Waals surface area contributed by atoms with E-state index >= 15 is 0 Å². The summed E-state index contributed by atoms with van der Waals surface area (Å²) >= 11 is 0. The molecule has 3 amide bonds. The van der Waals surface area contributed by atoms with E-state index < -0.39 is 17.7 Å². The molecule has 0 aliphatic carbocycles. The van der Waals surface area contributed by atoms with Crippen molar-refractivity contribution in [2.45, 2.75) is 71.3 Å². The fourth-order valence-corrected chi connectivity index (χ4v) is 5.95. The van der Waals surface area contributed by atoms with Gasteiger partial charge in [-0.15, -0.1) is 0 Å². The number of carbonyl (C=O) groups excluding carboxylic acids is 3. The van der Waals surface area contributed by atoms with Crippen molar-refractivity contribution in [3.05, 3.63) is 95.9 Å². The van der Waals surface area contributed by atoms with E-state index in [0.29, 0.717) is 31.7 Å². The third-order valence-corrected chi connectivity index (χ3v) is 8.27. The average Bonchev–Trinajstić information content (AvgIpc) is 3.61. The topological polar surface area (TPSA) is 116 Å². The number of halogens is 1. The van der Waals surface area contributed by atoms with Crippen LogP contribution in [0.3, 0.4) is 0 Å². The van der Waals surface area contributed by atoms with Crippen LogP contribution in [0.2, 0.25) is 0 Å². The number of hydrogen-bond acceptors (Lipinski definition) is 5. The molecule has 248 valence electrons. The summed E-state index contributed by atoms with van der Waals surface area (Å²) in [6, 6.07) is 23.1. The molecular formula is C37H44FN5O4. The van der Waals surface area contributed by atoms with Crippen molar-refractivity contribution in [2.75, 3.05) is 13.1 Å². The molecule has 0 radical (unpaired) electrons. The van der Waals surface area contributed by atoms with Gasteiger partial charge in [-0.05, 0) is 74.1 Å². The molecule has 4 aromatic rings. The van der Waals surface area contributed by atoms with Gasteiger partial charge in [0, 0.05) is 42.6 Å². The monoisotopic (exact) mass is 641 g/mol. The summed E-state index contributed by atoms with van der Waals surface area (Å²) in [5, 5.41) is 9.86. The third-order valence-electron chi connectivity index (χ3n) is 8.27. The highest BCUT2D eigenvalue weighted by Gasteiger charge is 2.35. The Hall–Kier alpha value is -4.70. The highest BCUT2D eigenvalue weighted by molar-refractivity contribution is 5.98. The number of ether oxygens (including phenoxy) is 1. The van der Waals surface area contributed by atoms with Crippen LogP contribution in [0.15, 0.2) is 78.9 Å². The van der Waals surface area contributed by atoms with Crippen molar-refractivity contribution in [3.8, 4) is 11.1 Å². The van der Waals surface area contributed by atoms with Crippen LogP contribution in [0.4, 0.5) is 9.18 Å². The maximum absolute atomic E-state index is 13.4. The standard InChI is InChI=1S/C37H44FN5O4/c1-23(2)33(42-36(46)47-37(3,4)5)35(45)40-29-19-30(43(22-29)21-24-9-7-6-8-10-24)20-39-34(44)32-18-27-12-11-26(17-31(27)41-32)25-13-15-28(38)16-14-25/h6-18,23,29-30,33,41H,19-22H2,1-5H3,(H,39,44)(H,40,45)(H,42,46)/t29-,30-,33?/m0/s1. The van der Waals surface area contributed by atoms with Crippen LogP contribution in [0.25, 0.3) is 22.0 Å². The van der Waals surface area contributed by atoms with Gasteiger partial charge in [0.1, 0.15) is 23.2 Å². The number of nitrogens with one attached hydrogen (secondary N) is 4. The van der Waals surface area contributed by atoms with Gasteiger partial charge in [0.2, 0.25) is 5.91 Å². The quantitative estimate of drug-likeness (QED) is 0.169. The van der Waals surface area contributed by atoms with Gasteiger partial charge in [0.15, 0.2) is 0 Å². The van der Waals surface area contributed by atoms with E-state index in [9.17, 15) is 18.8 Å². The Labute approximate surface area is 275 Å². The smallest absolute Gasteiger partial charge is 0.408 e. The summed E-state index contributed by atoms with van der Waals surface area (Å²) in [5.41, 5.74) is 3.52. The maximum Gasteiger partial charge on any atom is 0.408 e. The zero-order valence-electron chi connectivity index (χ0n) is 27.6. The molecule has 1 saturated heterocycles. The highest BCUT2D eigenvalue weighted by Crippen LogP contribution is 2.26. The van der Waals surface area contributed by atoms with Gasteiger partial charge in [-0.1, -0.05) is 68.4 Å². The lowest BCUT2D eigenvalue weighted by atomic mass is 10.0. The number of fused-ring (bicyclic) bond motifs is 1. The number of alkyl carbamates (subject to hydrolysis) is 1. The second-order valence-electron chi connectivity index (χ2n) is 13.6. The molecule has 0 saturated carbocycles. The van der Waals surface area contributed by atoms with Gasteiger partial charge in [-0.25, -0.2) is 9.18 Å².